The number of rotatable bonds is 2. The number of aromatic nitrogens is 1. The van der Waals surface area contributed by atoms with Crippen molar-refractivity contribution < 1.29 is 14.4 Å². The predicted molar refractivity (Wildman–Crippen MR) is 75.9 cm³/mol. The van der Waals surface area contributed by atoms with Crippen molar-refractivity contribution in [2.24, 2.45) is 23.2 Å². The second-order valence-corrected chi connectivity index (χ2v) is 6.31. The molecule has 0 aromatic carbocycles. The van der Waals surface area contributed by atoms with E-state index >= 15 is 0 Å². The minimum Gasteiger partial charge on any atom is -0.272 e. The van der Waals surface area contributed by atoms with Crippen LogP contribution in [0.2, 0.25) is 0 Å². The largest absolute Gasteiger partial charge is 0.272 e. The third kappa shape index (κ3) is 1.49. The first kappa shape index (κ1) is 13.2. The Morgan fingerprint density at radius 2 is 2.05 bits per heavy atom. The molecule has 1 saturated heterocycles. The van der Waals surface area contributed by atoms with Gasteiger partial charge >= 0.3 is 0 Å². The lowest BCUT2D eigenvalue weighted by atomic mass is 9.71. The lowest BCUT2D eigenvalue weighted by Gasteiger charge is -2.28. The lowest BCUT2D eigenvalue weighted by molar-refractivity contribution is -0.145. The average molecular weight is 297 g/mol. The topological polar surface area (TPSA) is 79.4 Å². The van der Waals surface area contributed by atoms with Gasteiger partial charge in [0.15, 0.2) is 0 Å². The van der Waals surface area contributed by atoms with Crippen LogP contribution in [-0.2, 0) is 9.59 Å². The summed E-state index contributed by atoms with van der Waals surface area (Å²) in [5, 5.41) is 0.916. The van der Waals surface area contributed by atoms with Gasteiger partial charge in [0, 0.05) is 18.0 Å². The zero-order valence-corrected chi connectivity index (χ0v) is 12.0. The molecule has 1 aromatic rings. The molecular weight excluding hydrogens is 282 g/mol. The van der Waals surface area contributed by atoms with Gasteiger partial charge in [0.2, 0.25) is 0 Å². The van der Waals surface area contributed by atoms with Gasteiger partial charge in [0.05, 0.1) is 11.3 Å². The molecular formula is C16H15N3O3. The number of nitrogens with zero attached hydrogens (tertiary/aromatic N) is 2. The standard InChI is InChI=1S/C16H15N3O3/c1-16-11-3-2-10(8-11)12(16)14(21)19(15(16)22)18-13(20)9-4-6-17-7-5-9/h2-7,10-12H,8H2,1H3,(H,18,20)/t10-,11-,12-,16-/m0/s1. The van der Waals surface area contributed by atoms with Crippen molar-refractivity contribution in [3.05, 3.63) is 42.2 Å². The number of allylic oxidation sites excluding steroid dienone is 2. The highest BCUT2D eigenvalue weighted by molar-refractivity contribution is 6.10. The molecule has 6 nitrogen and oxygen atoms in total. The van der Waals surface area contributed by atoms with Crippen molar-refractivity contribution in [1.29, 1.82) is 0 Å². The molecule has 112 valence electrons. The molecule has 2 heterocycles. The van der Waals surface area contributed by atoms with Gasteiger partial charge in [0.25, 0.3) is 17.7 Å². The fraction of sp³-hybridized carbons (Fsp3) is 0.375. The van der Waals surface area contributed by atoms with Crippen LogP contribution < -0.4 is 5.43 Å². The van der Waals surface area contributed by atoms with Crippen molar-refractivity contribution in [2.75, 3.05) is 0 Å². The number of nitrogens with one attached hydrogen (secondary N) is 1. The van der Waals surface area contributed by atoms with E-state index in [9.17, 15) is 14.4 Å². The van der Waals surface area contributed by atoms with Gasteiger partial charge in [-0.1, -0.05) is 12.2 Å². The summed E-state index contributed by atoms with van der Waals surface area (Å²) in [5.74, 6) is -1.25. The second-order valence-electron chi connectivity index (χ2n) is 6.31. The van der Waals surface area contributed by atoms with E-state index in [1.165, 1.54) is 24.5 Å². The van der Waals surface area contributed by atoms with Gasteiger partial charge < -0.3 is 0 Å². The maximum atomic E-state index is 12.7. The molecule has 1 saturated carbocycles. The molecule has 1 aromatic heterocycles. The minimum atomic E-state index is -0.720. The van der Waals surface area contributed by atoms with E-state index in [4.69, 9.17) is 0 Å². The first-order valence-electron chi connectivity index (χ1n) is 7.31. The highest BCUT2D eigenvalue weighted by Gasteiger charge is 2.67. The molecule has 3 aliphatic rings. The molecule has 3 amide bonds. The summed E-state index contributed by atoms with van der Waals surface area (Å²) in [5.41, 5.74) is 2.10. The Bertz CT molecular complexity index is 715. The minimum absolute atomic E-state index is 0.0850. The Morgan fingerprint density at radius 3 is 2.73 bits per heavy atom. The van der Waals surface area contributed by atoms with Gasteiger partial charge in [-0.25, -0.2) is 0 Å². The summed E-state index contributed by atoms with van der Waals surface area (Å²) >= 11 is 0. The molecule has 2 bridgehead atoms. The highest BCUT2D eigenvalue weighted by atomic mass is 16.2. The maximum Gasteiger partial charge on any atom is 0.270 e. The summed E-state index contributed by atoms with van der Waals surface area (Å²) < 4.78 is 0. The fourth-order valence-electron chi connectivity index (χ4n) is 4.08. The van der Waals surface area contributed by atoms with Crippen LogP contribution in [0.25, 0.3) is 0 Å². The van der Waals surface area contributed by atoms with Crippen LogP contribution in [-0.4, -0.2) is 27.7 Å². The average Bonchev–Trinajstić information content (AvgIpc) is 3.16. The van der Waals surface area contributed by atoms with E-state index in [1.807, 2.05) is 19.1 Å². The summed E-state index contributed by atoms with van der Waals surface area (Å²) in [7, 11) is 0. The van der Waals surface area contributed by atoms with Crippen LogP contribution >= 0.6 is 0 Å². The zero-order chi connectivity index (χ0) is 15.5. The molecule has 4 atom stereocenters. The second kappa shape index (κ2) is 4.25. The van der Waals surface area contributed by atoms with E-state index in [0.29, 0.717) is 5.56 Å². The Morgan fingerprint density at radius 1 is 1.32 bits per heavy atom. The number of imide groups is 1. The molecule has 4 rings (SSSR count). The number of pyridine rings is 1. The Hall–Kier alpha value is -2.50. The lowest BCUT2D eigenvalue weighted by Crippen LogP contribution is -2.48. The Kier molecular flexibility index (Phi) is 2.55. The van der Waals surface area contributed by atoms with Gasteiger partial charge in [-0.2, -0.15) is 5.01 Å². The smallest absolute Gasteiger partial charge is 0.270 e. The summed E-state index contributed by atoms with van der Waals surface area (Å²) in [6.45, 7) is 1.84. The highest BCUT2D eigenvalue weighted by Crippen LogP contribution is 2.60. The van der Waals surface area contributed by atoms with Crippen LogP contribution in [0.5, 0.6) is 0 Å². The van der Waals surface area contributed by atoms with Crippen molar-refractivity contribution in [3.8, 4) is 0 Å². The first-order valence-corrected chi connectivity index (χ1v) is 7.31. The van der Waals surface area contributed by atoms with E-state index in [-0.39, 0.29) is 29.6 Å². The number of fused-ring (bicyclic) bond motifs is 5. The fourth-order valence-corrected chi connectivity index (χ4v) is 4.08. The van der Waals surface area contributed by atoms with Crippen LogP contribution in [0.3, 0.4) is 0 Å². The molecule has 0 spiro atoms. The van der Waals surface area contributed by atoms with Crippen molar-refractivity contribution in [3.63, 3.8) is 0 Å². The first-order chi connectivity index (χ1) is 10.5. The molecule has 22 heavy (non-hydrogen) atoms. The summed E-state index contributed by atoms with van der Waals surface area (Å²) in [6, 6.07) is 3.07. The van der Waals surface area contributed by atoms with Crippen LogP contribution in [0.1, 0.15) is 23.7 Å². The molecule has 0 radical (unpaired) electrons. The van der Waals surface area contributed by atoms with Gasteiger partial charge in [-0.3, -0.25) is 24.8 Å². The number of amides is 3. The zero-order valence-electron chi connectivity index (χ0n) is 12.0. The summed E-state index contributed by atoms with van der Waals surface area (Å²) in [6.07, 6.45) is 7.88. The predicted octanol–water partition coefficient (Wildman–Crippen LogP) is 0.924. The number of carbonyl (C=O) groups excluding carboxylic acids is 3. The number of carbonyl (C=O) groups is 3. The molecule has 1 aliphatic heterocycles. The van der Waals surface area contributed by atoms with Gasteiger partial charge in [-0.15, -0.1) is 0 Å². The van der Waals surface area contributed by atoms with Gasteiger partial charge in [0.1, 0.15) is 0 Å². The molecule has 6 heteroatoms. The van der Waals surface area contributed by atoms with Crippen LogP contribution in [0, 0.1) is 23.2 Å². The van der Waals surface area contributed by atoms with Crippen molar-refractivity contribution in [1.82, 2.24) is 15.4 Å². The van der Waals surface area contributed by atoms with Crippen LogP contribution in [0.4, 0.5) is 0 Å². The quantitative estimate of drug-likeness (QED) is 0.650. The monoisotopic (exact) mass is 297 g/mol. The third-order valence-corrected chi connectivity index (χ3v) is 5.27. The molecule has 2 aliphatic carbocycles. The van der Waals surface area contributed by atoms with E-state index in [1.54, 1.807) is 0 Å². The Balaban J connectivity index is 1.61. The normalized spacial score (nSPS) is 35.1. The Labute approximate surface area is 127 Å². The SMILES string of the molecule is C[C@@]12C(=O)N(NC(=O)c3ccncc3)C(=O)[C@@H]1[C@H]1C=C[C@H]2C1. The third-order valence-electron chi connectivity index (χ3n) is 5.27. The molecule has 2 fully saturated rings. The number of hydrogen-bond donors (Lipinski definition) is 1. The van der Waals surface area contributed by atoms with E-state index < -0.39 is 11.3 Å². The molecule has 1 N–H and O–H groups in total. The maximum absolute atomic E-state index is 12.7. The van der Waals surface area contributed by atoms with E-state index in [2.05, 4.69) is 10.4 Å². The molecule has 0 unspecified atom stereocenters. The van der Waals surface area contributed by atoms with Gasteiger partial charge in [-0.05, 0) is 37.3 Å². The van der Waals surface area contributed by atoms with Crippen LogP contribution in [0.15, 0.2) is 36.7 Å². The summed E-state index contributed by atoms with van der Waals surface area (Å²) in [4.78, 5) is 41.4. The van der Waals surface area contributed by atoms with Crippen molar-refractivity contribution in [2.45, 2.75) is 13.3 Å². The van der Waals surface area contributed by atoms with E-state index in [0.717, 1.165) is 11.4 Å². The number of hydrogen-bond acceptors (Lipinski definition) is 4. The van der Waals surface area contributed by atoms with Crippen molar-refractivity contribution >= 4 is 17.7 Å². The number of hydrazine groups is 1.